The summed E-state index contributed by atoms with van der Waals surface area (Å²) in [4.78, 5) is 9.55. The van der Waals surface area contributed by atoms with Crippen molar-refractivity contribution < 1.29 is 9.47 Å². The molecule has 1 aromatic rings. The SMILES string of the molecule is CN=C(NCC1CCCN1CCOC)NCC(c1ccccc1OC)N1CCCC1.I. The zero-order valence-electron chi connectivity index (χ0n) is 19.3. The van der Waals surface area contributed by atoms with Crippen molar-refractivity contribution in [1.29, 1.82) is 0 Å². The number of guanidine groups is 1. The van der Waals surface area contributed by atoms with Crippen LogP contribution in [0, 0.1) is 0 Å². The second kappa shape index (κ2) is 14.1. The largest absolute Gasteiger partial charge is 0.496 e. The van der Waals surface area contributed by atoms with E-state index >= 15 is 0 Å². The van der Waals surface area contributed by atoms with Crippen molar-refractivity contribution in [3.05, 3.63) is 29.8 Å². The van der Waals surface area contributed by atoms with Gasteiger partial charge in [-0.2, -0.15) is 0 Å². The molecule has 2 aliphatic rings. The van der Waals surface area contributed by atoms with Gasteiger partial charge in [-0.05, 0) is 51.4 Å². The van der Waals surface area contributed by atoms with Crippen molar-refractivity contribution in [2.24, 2.45) is 4.99 Å². The molecule has 2 aliphatic heterocycles. The molecule has 0 aromatic heterocycles. The molecule has 0 radical (unpaired) electrons. The van der Waals surface area contributed by atoms with E-state index in [1.807, 2.05) is 13.1 Å². The molecule has 3 rings (SSSR count). The van der Waals surface area contributed by atoms with Crippen LogP contribution < -0.4 is 15.4 Å². The summed E-state index contributed by atoms with van der Waals surface area (Å²) in [7, 11) is 5.37. The van der Waals surface area contributed by atoms with E-state index in [-0.39, 0.29) is 30.0 Å². The normalized spacial score (nSPS) is 21.0. The summed E-state index contributed by atoms with van der Waals surface area (Å²) in [6, 6.07) is 9.19. The molecule has 2 heterocycles. The first-order valence-electron chi connectivity index (χ1n) is 11.3. The molecular formula is C23H40IN5O2. The van der Waals surface area contributed by atoms with Gasteiger partial charge in [-0.15, -0.1) is 24.0 Å². The van der Waals surface area contributed by atoms with E-state index in [1.54, 1.807) is 14.2 Å². The van der Waals surface area contributed by atoms with E-state index in [2.05, 4.69) is 43.6 Å². The number of ether oxygens (including phenoxy) is 2. The third-order valence-corrected chi connectivity index (χ3v) is 6.35. The van der Waals surface area contributed by atoms with Crippen LogP contribution in [0.2, 0.25) is 0 Å². The Labute approximate surface area is 205 Å². The lowest BCUT2D eigenvalue weighted by atomic mass is 10.0. The maximum absolute atomic E-state index is 5.66. The first kappa shape index (κ1) is 26.2. The number of nitrogens with one attached hydrogen (secondary N) is 2. The zero-order valence-corrected chi connectivity index (χ0v) is 21.6. The number of para-hydroxylation sites is 1. The predicted molar refractivity (Wildman–Crippen MR) is 138 cm³/mol. The Balaban J connectivity index is 0.00000341. The molecule has 0 aliphatic carbocycles. The maximum atomic E-state index is 5.66. The number of aliphatic imine (C=N–C) groups is 1. The Hall–Kier alpha value is -1.10. The molecule has 2 unspecified atom stereocenters. The Morgan fingerprint density at radius 1 is 1.13 bits per heavy atom. The molecule has 7 nitrogen and oxygen atoms in total. The van der Waals surface area contributed by atoms with E-state index in [1.165, 1.54) is 31.2 Å². The number of nitrogens with zero attached hydrogens (tertiary/aromatic N) is 3. The van der Waals surface area contributed by atoms with E-state index in [0.29, 0.717) is 6.04 Å². The third-order valence-electron chi connectivity index (χ3n) is 6.35. The van der Waals surface area contributed by atoms with Crippen molar-refractivity contribution in [1.82, 2.24) is 20.4 Å². The average Bonchev–Trinajstić information content (AvgIpc) is 3.47. The number of hydrogen-bond donors (Lipinski definition) is 2. The molecule has 0 amide bonds. The molecule has 1 aromatic carbocycles. The summed E-state index contributed by atoms with van der Waals surface area (Å²) in [5.41, 5.74) is 1.24. The molecule has 8 heteroatoms. The van der Waals surface area contributed by atoms with Gasteiger partial charge in [0.15, 0.2) is 5.96 Å². The van der Waals surface area contributed by atoms with Crippen molar-refractivity contribution in [3.63, 3.8) is 0 Å². The van der Waals surface area contributed by atoms with Crippen LogP contribution in [0.25, 0.3) is 0 Å². The number of hydrogen-bond acceptors (Lipinski definition) is 5. The summed E-state index contributed by atoms with van der Waals surface area (Å²) >= 11 is 0. The van der Waals surface area contributed by atoms with Gasteiger partial charge in [0.1, 0.15) is 5.75 Å². The fraction of sp³-hybridized carbons (Fsp3) is 0.696. The van der Waals surface area contributed by atoms with Gasteiger partial charge in [0.2, 0.25) is 0 Å². The minimum Gasteiger partial charge on any atom is -0.496 e. The number of benzene rings is 1. The summed E-state index contributed by atoms with van der Waals surface area (Å²) in [5.74, 6) is 1.83. The highest BCUT2D eigenvalue weighted by Gasteiger charge is 2.27. The second-order valence-corrected chi connectivity index (χ2v) is 8.16. The summed E-state index contributed by atoms with van der Waals surface area (Å²) < 4.78 is 10.9. The van der Waals surface area contributed by atoms with Gasteiger partial charge in [-0.25, -0.2) is 0 Å². The van der Waals surface area contributed by atoms with Crippen LogP contribution in [0.15, 0.2) is 29.3 Å². The molecule has 2 N–H and O–H groups in total. The molecule has 2 atom stereocenters. The van der Waals surface area contributed by atoms with Crippen LogP contribution in [0.3, 0.4) is 0 Å². The van der Waals surface area contributed by atoms with E-state index in [4.69, 9.17) is 9.47 Å². The van der Waals surface area contributed by atoms with Crippen molar-refractivity contribution in [2.45, 2.75) is 37.8 Å². The minimum atomic E-state index is 0. The van der Waals surface area contributed by atoms with Crippen molar-refractivity contribution in [2.75, 3.05) is 67.1 Å². The Kier molecular flexibility index (Phi) is 11.9. The summed E-state index contributed by atoms with van der Waals surface area (Å²) in [6.45, 7) is 6.93. The second-order valence-electron chi connectivity index (χ2n) is 8.16. The van der Waals surface area contributed by atoms with Crippen LogP contribution in [-0.2, 0) is 4.74 Å². The van der Waals surface area contributed by atoms with Crippen molar-refractivity contribution >= 4 is 29.9 Å². The fourth-order valence-electron chi connectivity index (χ4n) is 4.69. The van der Waals surface area contributed by atoms with Gasteiger partial charge < -0.3 is 20.1 Å². The third kappa shape index (κ3) is 7.47. The van der Waals surface area contributed by atoms with Gasteiger partial charge >= 0.3 is 0 Å². The molecule has 176 valence electrons. The van der Waals surface area contributed by atoms with Gasteiger partial charge in [-0.1, -0.05) is 18.2 Å². The van der Waals surface area contributed by atoms with Gasteiger partial charge in [0.25, 0.3) is 0 Å². The molecule has 0 spiro atoms. The van der Waals surface area contributed by atoms with E-state index < -0.39 is 0 Å². The Morgan fingerprint density at radius 2 is 1.90 bits per heavy atom. The van der Waals surface area contributed by atoms with Gasteiger partial charge in [0, 0.05) is 45.4 Å². The highest BCUT2D eigenvalue weighted by atomic mass is 127. The standard InChI is InChI=1S/C23H39N5O2.HI/c1-24-23(25-17-19-9-8-14-27(19)15-16-29-2)26-18-21(28-12-6-7-13-28)20-10-4-5-11-22(20)30-3;/h4-5,10-11,19,21H,6-9,12-18H2,1-3H3,(H2,24,25,26);1H. The molecule has 31 heavy (non-hydrogen) atoms. The van der Waals surface area contributed by atoms with Gasteiger partial charge in [-0.3, -0.25) is 14.8 Å². The summed E-state index contributed by atoms with van der Waals surface area (Å²) in [6.07, 6.45) is 5.01. The average molecular weight is 546 g/mol. The molecule has 0 bridgehead atoms. The number of halogens is 1. The zero-order chi connectivity index (χ0) is 21.2. The smallest absolute Gasteiger partial charge is 0.191 e. The first-order chi connectivity index (χ1) is 14.8. The molecule has 0 saturated carbocycles. The van der Waals surface area contributed by atoms with E-state index in [9.17, 15) is 0 Å². The van der Waals surface area contributed by atoms with Crippen LogP contribution in [-0.4, -0.2) is 88.9 Å². The highest BCUT2D eigenvalue weighted by molar-refractivity contribution is 14.0. The molecular weight excluding hydrogens is 505 g/mol. The van der Waals surface area contributed by atoms with Crippen LogP contribution in [0.1, 0.15) is 37.3 Å². The monoisotopic (exact) mass is 545 g/mol. The topological polar surface area (TPSA) is 61.4 Å². The minimum absolute atomic E-state index is 0. The van der Waals surface area contributed by atoms with Gasteiger partial charge in [0.05, 0.1) is 19.8 Å². The highest BCUT2D eigenvalue weighted by Crippen LogP contribution is 2.31. The number of likely N-dealkylation sites (tertiary alicyclic amines) is 2. The fourth-order valence-corrected chi connectivity index (χ4v) is 4.69. The van der Waals surface area contributed by atoms with Crippen LogP contribution >= 0.6 is 24.0 Å². The first-order valence-corrected chi connectivity index (χ1v) is 11.3. The quantitative estimate of drug-likeness (QED) is 0.268. The number of rotatable bonds is 10. The lowest BCUT2D eigenvalue weighted by molar-refractivity contribution is 0.141. The number of methoxy groups -OCH3 is 2. The molecule has 2 fully saturated rings. The summed E-state index contributed by atoms with van der Waals surface area (Å²) in [5, 5.41) is 7.13. The van der Waals surface area contributed by atoms with E-state index in [0.717, 1.165) is 57.6 Å². The van der Waals surface area contributed by atoms with Crippen LogP contribution in [0.4, 0.5) is 0 Å². The maximum Gasteiger partial charge on any atom is 0.191 e. The lowest BCUT2D eigenvalue weighted by Gasteiger charge is -2.30. The predicted octanol–water partition coefficient (Wildman–Crippen LogP) is 2.73. The molecule has 2 saturated heterocycles. The Morgan fingerprint density at radius 3 is 2.61 bits per heavy atom. The lowest BCUT2D eigenvalue weighted by Crippen LogP contribution is -2.47. The van der Waals surface area contributed by atoms with Crippen LogP contribution in [0.5, 0.6) is 5.75 Å². The Bertz CT molecular complexity index is 669. The van der Waals surface area contributed by atoms with Crippen molar-refractivity contribution in [3.8, 4) is 5.75 Å².